The molecule has 20 heavy (non-hydrogen) atoms. The minimum atomic E-state index is 0.204. The highest BCUT2D eigenvalue weighted by Gasteiger charge is 2.11. The number of fused-ring (bicyclic) bond motifs is 1. The van der Waals surface area contributed by atoms with Gasteiger partial charge in [0.15, 0.2) is 0 Å². The molecule has 5 heteroatoms. The number of rotatable bonds is 3. The number of nitrogens with zero attached hydrogens (tertiary/aromatic N) is 3. The second-order valence-corrected chi connectivity index (χ2v) is 4.88. The van der Waals surface area contributed by atoms with Crippen molar-refractivity contribution >= 4 is 5.52 Å². The Bertz CT molecular complexity index is 732. The Morgan fingerprint density at radius 1 is 1.20 bits per heavy atom. The number of benzene rings is 1. The Morgan fingerprint density at radius 3 is 2.65 bits per heavy atom. The van der Waals surface area contributed by atoms with E-state index in [0.717, 1.165) is 11.2 Å². The van der Waals surface area contributed by atoms with Crippen molar-refractivity contribution in [3.63, 3.8) is 0 Å². The normalized spacial score (nSPS) is 11.2. The van der Waals surface area contributed by atoms with E-state index in [-0.39, 0.29) is 5.75 Å². The number of aromatic nitrogens is 3. The Hall–Kier alpha value is -2.56. The smallest absolute Gasteiger partial charge is 0.245 e. The predicted octanol–water partition coefficient (Wildman–Crippen LogP) is 3.35. The summed E-state index contributed by atoms with van der Waals surface area (Å²) in [5.74, 6) is 1.67. The molecule has 0 bridgehead atoms. The first kappa shape index (κ1) is 12.5. The van der Waals surface area contributed by atoms with Crippen molar-refractivity contribution in [3.8, 4) is 17.4 Å². The van der Waals surface area contributed by atoms with Crippen molar-refractivity contribution in [2.24, 2.45) is 0 Å². The van der Waals surface area contributed by atoms with Crippen LogP contribution in [-0.2, 0) is 0 Å². The fourth-order valence-corrected chi connectivity index (χ4v) is 1.90. The molecule has 3 rings (SSSR count). The van der Waals surface area contributed by atoms with E-state index < -0.39 is 0 Å². The van der Waals surface area contributed by atoms with Crippen LogP contribution in [0.15, 0.2) is 42.7 Å². The summed E-state index contributed by atoms with van der Waals surface area (Å²) in [5.41, 5.74) is 1.82. The molecule has 0 radical (unpaired) electrons. The van der Waals surface area contributed by atoms with Crippen molar-refractivity contribution < 1.29 is 9.84 Å². The van der Waals surface area contributed by atoms with Gasteiger partial charge in [-0.3, -0.25) is 0 Å². The molecule has 0 saturated carbocycles. The average molecular weight is 269 g/mol. The van der Waals surface area contributed by atoms with Gasteiger partial charge in [-0.1, -0.05) is 13.8 Å². The highest BCUT2D eigenvalue weighted by atomic mass is 16.5. The number of hydrogen-bond acceptors (Lipinski definition) is 4. The number of phenols is 1. The van der Waals surface area contributed by atoms with Crippen molar-refractivity contribution in [3.05, 3.63) is 48.4 Å². The van der Waals surface area contributed by atoms with Crippen molar-refractivity contribution in [1.29, 1.82) is 0 Å². The second kappa shape index (κ2) is 4.85. The maximum atomic E-state index is 9.27. The molecule has 2 aromatic heterocycles. The van der Waals surface area contributed by atoms with Gasteiger partial charge in [0, 0.05) is 12.4 Å². The van der Waals surface area contributed by atoms with E-state index in [4.69, 9.17) is 4.74 Å². The molecule has 0 unspecified atom stereocenters. The maximum Gasteiger partial charge on any atom is 0.245 e. The molecule has 3 aromatic rings. The van der Waals surface area contributed by atoms with Crippen LogP contribution < -0.4 is 4.74 Å². The molecule has 0 aliphatic heterocycles. The van der Waals surface area contributed by atoms with Crippen LogP contribution in [0.5, 0.6) is 17.4 Å². The molecule has 2 heterocycles. The Kier molecular flexibility index (Phi) is 3.02. The second-order valence-electron chi connectivity index (χ2n) is 4.88. The van der Waals surface area contributed by atoms with Crippen LogP contribution in [0.2, 0.25) is 0 Å². The van der Waals surface area contributed by atoms with Gasteiger partial charge in [0.1, 0.15) is 17.0 Å². The molecule has 0 atom stereocenters. The molecule has 0 aliphatic rings. The van der Waals surface area contributed by atoms with E-state index in [9.17, 15) is 5.11 Å². The summed E-state index contributed by atoms with van der Waals surface area (Å²) in [6.07, 6.45) is 3.45. The Labute approximate surface area is 116 Å². The van der Waals surface area contributed by atoms with Crippen LogP contribution in [0.3, 0.4) is 0 Å². The fourth-order valence-electron chi connectivity index (χ4n) is 1.90. The first-order valence-corrected chi connectivity index (χ1v) is 6.44. The third-order valence-corrected chi connectivity index (χ3v) is 3.02. The lowest BCUT2D eigenvalue weighted by Crippen LogP contribution is -1.94. The zero-order chi connectivity index (χ0) is 14.1. The number of ether oxygens (including phenoxy) is 1. The van der Waals surface area contributed by atoms with E-state index in [2.05, 4.69) is 23.9 Å². The third kappa shape index (κ3) is 2.30. The van der Waals surface area contributed by atoms with E-state index in [1.165, 1.54) is 0 Å². The maximum absolute atomic E-state index is 9.27. The summed E-state index contributed by atoms with van der Waals surface area (Å²) in [6, 6.07) is 8.52. The van der Waals surface area contributed by atoms with Gasteiger partial charge in [0.2, 0.25) is 5.88 Å². The number of hydrogen-bond donors (Lipinski definition) is 1. The van der Waals surface area contributed by atoms with Crippen molar-refractivity contribution in [2.45, 2.75) is 19.8 Å². The molecule has 0 saturated heterocycles. The van der Waals surface area contributed by atoms with Crippen LogP contribution in [0.25, 0.3) is 5.52 Å². The van der Waals surface area contributed by atoms with E-state index in [0.29, 0.717) is 17.5 Å². The minimum absolute atomic E-state index is 0.204. The van der Waals surface area contributed by atoms with Crippen LogP contribution in [-0.4, -0.2) is 19.7 Å². The van der Waals surface area contributed by atoms with Crippen LogP contribution in [0, 0.1) is 0 Å². The average Bonchev–Trinajstić information content (AvgIpc) is 2.87. The standard InChI is InChI=1S/C15H15N3O2/c1-10(2)13-9-14-15(16-7-8-18(14)17-13)20-12-5-3-11(19)4-6-12/h3-10,19H,1-2H3. The summed E-state index contributed by atoms with van der Waals surface area (Å²) in [6.45, 7) is 4.19. The van der Waals surface area contributed by atoms with Gasteiger partial charge in [0.05, 0.1) is 5.69 Å². The molecule has 0 amide bonds. The first-order valence-electron chi connectivity index (χ1n) is 6.44. The van der Waals surface area contributed by atoms with Gasteiger partial charge in [-0.25, -0.2) is 9.50 Å². The number of aromatic hydroxyl groups is 1. The molecule has 5 nitrogen and oxygen atoms in total. The highest BCUT2D eigenvalue weighted by Crippen LogP contribution is 2.26. The Balaban J connectivity index is 2.00. The lowest BCUT2D eigenvalue weighted by atomic mass is 10.1. The van der Waals surface area contributed by atoms with Gasteiger partial charge in [-0.15, -0.1) is 0 Å². The van der Waals surface area contributed by atoms with Gasteiger partial charge in [0.25, 0.3) is 0 Å². The minimum Gasteiger partial charge on any atom is -0.508 e. The predicted molar refractivity (Wildman–Crippen MR) is 75.3 cm³/mol. The summed E-state index contributed by atoms with van der Waals surface area (Å²) in [5, 5.41) is 13.8. The molecule has 0 fully saturated rings. The zero-order valence-corrected chi connectivity index (χ0v) is 11.3. The SMILES string of the molecule is CC(C)c1cc2c(Oc3ccc(O)cc3)nccn2n1. The topological polar surface area (TPSA) is 59.7 Å². The summed E-state index contributed by atoms with van der Waals surface area (Å²) in [7, 11) is 0. The summed E-state index contributed by atoms with van der Waals surface area (Å²) < 4.78 is 7.52. The lowest BCUT2D eigenvalue weighted by molar-refractivity contribution is 0.456. The lowest BCUT2D eigenvalue weighted by Gasteiger charge is -2.05. The van der Waals surface area contributed by atoms with Gasteiger partial charge in [-0.2, -0.15) is 5.10 Å². The molecular formula is C15H15N3O2. The van der Waals surface area contributed by atoms with Crippen LogP contribution >= 0.6 is 0 Å². The molecular weight excluding hydrogens is 254 g/mol. The monoisotopic (exact) mass is 269 g/mol. The summed E-state index contributed by atoms with van der Waals surface area (Å²) >= 11 is 0. The van der Waals surface area contributed by atoms with Gasteiger partial charge >= 0.3 is 0 Å². The van der Waals surface area contributed by atoms with E-state index in [1.807, 2.05) is 6.07 Å². The van der Waals surface area contributed by atoms with Crippen molar-refractivity contribution in [2.75, 3.05) is 0 Å². The van der Waals surface area contributed by atoms with Gasteiger partial charge in [-0.05, 0) is 36.2 Å². The Morgan fingerprint density at radius 2 is 1.95 bits per heavy atom. The molecule has 102 valence electrons. The van der Waals surface area contributed by atoms with E-state index >= 15 is 0 Å². The van der Waals surface area contributed by atoms with E-state index in [1.54, 1.807) is 41.2 Å². The molecule has 1 aromatic carbocycles. The quantitative estimate of drug-likeness (QED) is 0.792. The molecule has 0 aliphatic carbocycles. The highest BCUT2D eigenvalue weighted by molar-refractivity contribution is 5.58. The van der Waals surface area contributed by atoms with Crippen LogP contribution in [0.1, 0.15) is 25.5 Å². The summed E-state index contributed by atoms with van der Waals surface area (Å²) in [4.78, 5) is 4.25. The van der Waals surface area contributed by atoms with Gasteiger partial charge < -0.3 is 9.84 Å². The first-order chi connectivity index (χ1) is 9.63. The molecule has 0 spiro atoms. The largest absolute Gasteiger partial charge is 0.508 e. The molecule has 1 N–H and O–H groups in total. The fraction of sp³-hybridized carbons (Fsp3) is 0.200. The van der Waals surface area contributed by atoms with Crippen molar-refractivity contribution in [1.82, 2.24) is 14.6 Å². The van der Waals surface area contributed by atoms with Crippen LogP contribution in [0.4, 0.5) is 0 Å². The number of phenolic OH excluding ortho intramolecular Hbond substituents is 1. The zero-order valence-electron chi connectivity index (χ0n) is 11.3. The third-order valence-electron chi connectivity index (χ3n) is 3.02.